The number of ether oxygens (including phenoxy) is 1. The highest BCUT2D eigenvalue weighted by molar-refractivity contribution is 9.10. The average Bonchev–Trinajstić information content (AvgIpc) is 3.32. The molecule has 0 saturated heterocycles. The number of nitrogens with zero attached hydrogens (tertiary/aromatic N) is 2. The van der Waals surface area contributed by atoms with E-state index in [4.69, 9.17) is 21.3 Å². The highest BCUT2D eigenvalue weighted by atomic mass is 79.9. The number of benzene rings is 3. The number of hydrogen-bond donors (Lipinski definition) is 0. The zero-order valence-electron chi connectivity index (χ0n) is 17.6. The first-order valence-corrected chi connectivity index (χ1v) is 12.2. The van der Waals surface area contributed by atoms with Gasteiger partial charge in [0, 0.05) is 32.5 Å². The van der Waals surface area contributed by atoms with Gasteiger partial charge in [0.1, 0.15) is 12.4 Å². The second-order valence-electron chi connectivity index (χ2n) is 7.10. The van der Waals surface area contributed by atoms with Crippen LogP contribution in [0.1, 0.15) is 15.9 Å². The summed E-state index contributed by atoms with van der Waals surface area (Å²) in [6.07, 6.45) is 1.69. The van der Waals surface area contributed by atoms with Gasteiger partial charge in [-0.25, -0.2) is 4.98 Å². The van der Waals surface area contributed by atoms with E-state index in [1.54, 1.807) is 23.1 Å². The van der Waals surface area contributed by atoms with Crippen molar-refractivity contribution in [3.8, 4) is 17.0 Å². The molecule has 4 aromatic rings. The number of carbonyl (C=O) groups excluding carboxylic acids is 1. The molecule has 3 aromatic carbocycles. The van der Waals surface area contributed by atoms with Crippen LogP contribution in [0.2, 0.25) is 5.02 Å². The monoisotopic (exact) mass is 538 g/mol. The van der Waals surface area contributed by atoms with Crippen molar-refractivity contribution in [1.29, 1.82) is 0 Å². The Bertz CT molecular complexity index is 1270. The largest absolute Gasteiger partial charge is 0.488 e. The van der Waals surface area contributed by atoms with E-state index in [-0.39, 0.29) is 5.91 Å². The Morgan fingerprint density at radius 3 is 2.58 bits per heavy atom. The molecule has 166 valence electrons. The summed E-state index contributed by atoms with van der Waals surface area (Å²) in [7, 11) is 0. The predicted octanol–water partition coefficient (Wildman–Crippen LogP) is 7.64. The van der Waals surface area contributed by atoms with Crippen molar-refractivity contribution in [2.75, 3.05) is 11.4 Å². The standard InChI is InChI=1S/C26H20BrClN2O2S/c1-2-15-30(26-29-23(17-33-26)18-11-13-20(28)14-12-18)25(31)21-8-4-6-10-24(21)32-16-19-7-3-5-9-22(19)27/h2-14,17H,1,15-16H2. The van der Waals surface area contributed by atoms with E-state index in [1.165, 1.54) is 11.3 Å². The van der Waals surface area contributed by atoms with Gasteiger partial charge in [-0.1, -0.05) is 76.1 Å². The summed E-state index contributed by atoms with van der Waals surface area (Å²) >= 11 is 10.9. The molecule has 1 aromatic heterocycles. The molecule has 1 amide bonds. The fourth-order valence-electron chi connectivity index (χ4n) is 3.20. The van der Waals surface area contributed by atoms with Crippen LogP contribution in [-0.2, 0) is 6.61 Å². The average molecular weight is 540 g/mol. The maximum Gasteiger partial charge on any atom is 0.264 e. The van der Waals surface area contributed by atoms with E-state index in [9.17, 15) is 4.79 Å². The van der Waals surface area contributed by atoms with Crippen molar-refractivity contribution < 1.29 is 9.53 Å². The summed E-state index contributed by atoms with van der Waals surface area (Å²) in [4.78, 5) is 19.9. The zero-order valence-corrected chi connectivity index (χ0v) is 20.7. The molecule has 33 heavy (non-hydrogen) atoms. The normalized spacial score (nSPS) is 10.6. The maximum absolute atomic E-state index is 13.6. The molecule has 0 radical (unpaired) electrons. The fourth-order valence-corrected chi connectivity index (χ4v) is 4.57. The third kappa shape index (κ3) is 5.53. The van der Waals surface area contributed by atoms with Gasteiger partial charge in [0.15, 0.2) is 5.13 Å². The predicted molar refractivity (Wildman–Crippen MR) is 139 cm³/mol. The van der Waals surface area contributed by atoms with Gasteiger partial charge in [-0.05, 0) is 30.3 Å². The fraction of sp³-hybridized carbons (Fsp3) is 0.0769. The van der Waals surface area contributed by atoms with Crippen molar-refractivity contribution >= 4 is 49.9 Å². The maximum atomic E-state index is 13.6. The molecule has 0 spiro atoms. The first kappa shape index (κ1) is 23.2. The van der Waals surface area contributed by atoms with Crippen LogP contribution in [0.4, 0.5) is 5.13 Å². The molecule has 0 fully saturated rings. The van der Waals surface area contributed by atoms with Gasteiger partial charge in [0.05, 0.1) is 11.3 Å². The number of para-hydroxylation sites is 1. The van der Waals surface area contributed by atoms with Gasteiger partial charge in [-0.15, -0.1) is 17.9 Å². The van der Waals surface area contributed by atoms with Crippen LogP contribution >= 0.6 is 38.9 Å². The number of carbonyl (C=O) groups is 1. The molecule has 0 bridgehead atoms. The van der Waals surface area contributed by atoms with E-state index in [0.717, 1.165) is 21.3 Å². The Balaban J connectivity index is 1.59. The zero-order chi connectivity index (χ0) is 23.2. The third-order valence-electron chi connectivity index (χ3n) is 4.88. The van der Waals surface area contributed by atoms with Crippen LogP contribution in [0.25, 0.3) is 11.3 Å². The minimum Gasteiger partial charge on any atom is -0.488 e. The van der Waals surface area contributed by atoms with Gasteiger partial charge < -0.3 is 4.74 Å². The number of halogens is 2. The SMILES string of the molecule is C=CCN(C(=O)c1ccccc1OCc1ccccc1Br)c1nc(-c2ccc(Cl)cc2)cs1. The number of rotatable bonds is 8. The van der Waals surface area contributed by atoms with Crippen LogP contribution in [0.15, 0.2) is 95.3 Å². The Morgan fingerprint density at radius 2 is 1.82 bits per heavy atom. The lowest BCUT2D eigenvalue weighted by molar-refractivity contribution is 0.0985. The molecule has 0 unspecified atom stereocenters. The van der Waals surface area contributed by atoms with Crippen LogP contribution in [0.3, 0.4) is 0 Å². The first-order valence-electron chi connectivity index (χ1n) is 10.2. The quantitative estimate of drug-likeness (QED) is 0.216. The van der Waals surface area contributed by atoms with Gasteiger partial charge in [-0.3, -0.25) is 9.69 Å². The molecule has 7 heteroatoms. The molecule has 1 heterocycles. The third-order valence-corrected chi connectivity index (χ3v) is 6.77. The molecular weight excluding hydrogens is 520 g/mol. The molecule has 4 rings (SSSR count). The van der Waals surface area contributed by atoms with Gasteiger partial charge >= 0.3 is 0 Å². The highest BCUT2D eigenvalue weighted by Gasteiger charge is 2.23. The van der Waals surface area contributed by atoms with E-state index in [1.807, 2.05) is 66.0 Å². The van der Waals surface area contributed by atoms with Crippen molar-refractivity contribution in [3.63, 3.8) is 0 Å². The lowest BCUT2D eigenvalue weighted by atomic mass is 10.1. The summed E-state index contributed by atoms with van der Waals surface area (Å²) in [6, 6.07) is 22.5. The summed E-state index contributed by atoms with van der Waals surface area (Å²) in [5, 5.41) is 3.18. The van der Waals surface area contributed by atoms with Gasteiger partial charge in [0.2, 0.25) is 0 Å². The summed E-state index contributed by atoms with van der Waals surface area (Å²) in [5.74, 6) is 0.316. The Morgan fingerprint density at radius 1 is 1.09 bits per heavy atom. The molecule has 0 aliphatic heterocycles. The van der Waals surface area contributed by atoms with Gasteiger partial charge in [-0.2, -0.15) is 0 Å². The Hall–Kier alpha value is -2.93. The second-order valence-corrected chi connectivity index (χ2v) is 9.23. The van der Waals surface area contributed by atoms with Crippen molar-refractivity contribution in [2.45, 2.75) is 6.61 Å². The number of aromatic nitrogens is 1. The lowest BCUT2D eigenvalue weighted by Crippen LogP contribution is -2.31. The van der Waals surface area contributed by atoms with Crippen molar-refractivity contribution in [3.05, 3.63) is 111 Å². The second kappa shape index (κ2) is 10.8. The van der Waals surface area contributed by atoms with E-state index >= 15 is 0 Å². The first-order chi connectivity index (χ1) is 16.1. The van der Waals surface area contributed by atoms with Crippen LogP contribution in [-0.4, -0.2) is 17.4 Å². The molecule has 0 atom stereocenters. The van der Waals surface area contributed by atoms with E-state index in [2.05, 4.69) is 22.5 Å². The summed E-state index contributed by atoms with van der Waals surface area (Å²) in [5.41, 5.74) is 3.18. The Labute approximate surface area is 210 Å². The lowest BCUT2D eigenvalue weighted by Gasteiger charge is -2.20. The number of anilines is 1. The highest BCUT2D eigenvalue weighted by Crippen LogP contribution is 2.31. The molecule has 0 N–H and O–H groups in total. The molecule has 0 saturated carbocycles. The van der Waals surface area contributed by atoms with E-state index in [0.29, 0.717) is 34.6 Å². The number of amides is 1. The Kier molecular flexibility index (Phi) is 7.60. The summed E-state index contributed by atoms with van der Waals surface area (Å²) in [6.45, 7) is 4.48. The van der Waals surface area contributed by atoms with Crippen LogP contribution in [0, 0.1) is 0 Å². The minimum absolute atomic E-state index is 0.199. The minimum atomic E-state index is -0.199. The van der Waals surface area contributed by atoms with Crippen molar-refractivity contribution in [2.24, 2.45) is 0 Å². The van der Waals surface area contributed by atoms with E-state index < -0.39 is 0 Å². The molecule has 0 aliphatic carbocycles. The topological polar surface area (TPSA) is 42.4 Å². The van der Waals surface area contributed by atoms with Crippen LogP contribution < -0.4 is 9.64 Å². The summed E-state index contributed by atoms with van der Waals surface area (Å²) < 4.78 is 7.00. The molecule has 0 aliphatic rings. The number of hydrogen-bond acceptors (Lipinski definition) is 4. The van der Waals surface area contributed by atoms with Crippen LogP contribution in [0.5, 0.6) is 5.75 Å². The molecule has 4 nitrogen and oxygen atoms in total. The molecular formula is C26H20BrClN2O2S. The number of thiazole rings is 1. The smallest absolute Gasteiger partial charge is 0.264 e. The van der Waals surface area contributed by atoms with Gasteiger partial charge in [0.25, 0.3) is 5.91 Å². The van der Waals surface area contributed by atoms with Crippen molar-refractivity contribution in [1.82, 2.24) is 4.98 Å².